The third-order valence-electron chi connectivity index (χ3n) is 1.15. The van der Waals surface area contributed by atoms with E-state index < -0.39 is 11.9 Å². The lowest BCUT2D eigenvalue weighted by Gasteiger charge is -1.97. The zero-order valence-electron chi connectivity index (χ0n) is 8.53. The van der Waals surface area contributed by atoms with Crippen LogP contribution in [0.3, 0.4) is 0 Å². The van der Waals surface area contributed by atoms with Crippen LogP contribution in [0.4, 0.5) is 0 Å². The van der Waals surface area contributed by atoms with Gasteiger partial charge in [0, 0.05) is 13.8 Å². The molecular formula is C8H12N2O4. The largest absolute Gasteiger partial charge is 0.331 e. The highest BCUT2D eigenvalue weighted by Gasteiger charge is 2.00. The minimum absolute atomic E-state index is 0.362. The Labute approximate surface area is 81.5 Å². The summed E-state index contributed by atoms with van der Waals surface area (Å²) in [6.45, 7) is 5.61. The van der Waals surface area contributed by atoms with Gasteiger partial charge in [0.05, 0.1) is 0 Å². The molecule has 0 spiro atoms. The second-order valence-corrected chi connectivity index (χ2v) is 2.52. The van der Waals surface area contributed by atoms with E-state index in [0.717, 1.165) is 0 Å². The van der Waals surface area contributed by atoms with Crippen LogP contribution >= 0.6 is 0 Å². The van der Waals surface area contributed by atoms with E-state index in [2.05, 4.69) is 20.0 Å². The molecule has 0 radical (unpaired) electrons. The average molecular weight is 200 g/mol. The van der Waals surface area contributed by atoms with E-state index in [1.807, 2.05) is 0 Å². The molecule has 0 rings (SSSR count). The van der Waals surface area contributed by atoms with Crippen molar-refractivity contribution in [1.82, 2.24) is 0 Å². The molecule has 14 heavy (non-hydrogen) atoms. The van der Waals surface area contributed by atoms with Gasteiger partial charge in [0.1, 0.15) is 11.4 Å². The van der Waals surface area contributed by atoms with E-state index in [9.17, 15) is 9.59 Å². The standard InChI is InChI=1S/C8H12N2O4/c1-5(9-13-7(3)11)6(2)10-14-8(4)12/h1-4H3/b9-5+,10-6+. The summed E-state index contributed by atoms with van der Waals surface area (Å²) in [6.07, 6.45) is 0. The first-order valence-corrected chi connectivity index (χ1v) is 3.88. The van der Waals surface area contributed by atoms with E-state index >= 15 is 0 Å². The number of hydrogen-bond donors (Lipinski definition) is 0. The minimum atomic E-state index is -0.523. The monoisotopic (exact) mass is 200 g/mol. The Hall–Kier alpha value is -1.72. The second kappa shape index (κ2) is 5.85. The first kappa shape index (κ1) is 12.3. The zero-order chi connectivity index (χ0) is 11.1. The maximum atomic E-state index is 10.4. The summed E-state index contributed by atoms with van der Waals surface area (Å²) in [4.78, 5) is 29.5. The third kappa shape index (κ3) is 5.87. The van der Waals surface area contributed by atoms with Crippen molar-refractivity contribution in [3.63, 3.8) is 0 Å². The highest BCUT2D eigenvalue weighted by molar-refractivity contribution is 6.40. The molecule has 0 aliphatic rings. The van der Waals surface area contributed by atoms with Crippen molar-refractivity contribution in [1.29, 1.82) is 0 Å². The van der Waals surface area contributed by atoms with Crippen molar-refractivity contribution in [2.45, 2.75) is 27.7 Å². The number of hydrogen-bond acceptors (Lipinski definition) is 6. The lowest BCUT2D eigenvalue weighted by Crippen LogP contribution is -2.09. The predicted molar refractivity (Wildman–Crippen MR) is 49.8 cm³/mol. The Morgan fingerprint density at radius 3 is 1.29 bits per heavy atom. The van der Waals surface area contributed by atoms with E-state index in [-0.39, 0.29) is 0 Å². The predicted octanol–water partition coefficient (Wildman–Crippen LogP) is 0.864. The van der Waals surface area contributed by atoms with E-state index in [1.165, 1.54) is 13.8 Å². The van der Waals surface area contributed by atoms with Crippen LogP contribution in [0.1, 0.15) is 27.7 Å². The molecule has 0 aromatic rings. The smallest absolute Gasteiger partial charge is 0.318 e. The Balaban J connectivity index is 4.29. The van der Waals surface area contributed by atoms with Crippen LogP contribution in [0.5, 0.6) is 0 Å². The molecule has 6 nitrogen and oxygen atoms in total. The van der Waals surface area contributed by atoms with Crippen LogP contribution < -0.4 is 0 Å². The maximum Gasteiger partial charge on any atom is 0.331 e. The Morgan fingerprint density at radius 1 is 0.786 bits per heavy atom. The molecule has 0 aliphatic heterocycles. The van der Waals surface area contributed by atoms with Gasteiger partial charge in [0.15, 0.2) is 0 Å². The fourth-order valence-corrected chi connectivity index (χ4v) is 0.398. The van der Waals surface area contributed by atoms with Gasteiger partial charge in [-0.1, -0.05) is 10.3 Å². The van der Waals surface area contributed by atoms with Crippen molar-refractivity contribution < 1.29 is 19.3 Å². The SMILES string of the molecule is CC(=O)O/N=C(C)/C(C)=N/OC(C)=O. The quantitative estimate of drug-likeness (QED) is 0.384. The molecule has 0 aromatic heterocycles. The topological polar surface area (TPSA) is 77.3 Å². The average Bonchev–Trinajstić information content (AvgIpc) is 2.09. The van der Waals surface area contributed by atoms with Crippen molar-refractivity contribution >= 4 is 23.4 Å². The Bertz CT molecular complexity index is 264. The minimum Gasteiger partial charge on any atom is -0.318 e. The summed E-state index contributed by atoms with van der Waals surface area (Å²) in [7, 11) is 0. The van der Waals surface area contributed by atoms with Crippen LogP contribution in [-0.4, -0.2) is 23.4 Å². The number of rotatable bonds is 3. The molecule has 0 bridgehead atoms. The first-order chi connectivity index (χ1) is 6.43. The molecule has 0 saturated heterocycles. The lowest BCUT2D eigenvalue weighted by molar-refractivity contribution is -0.142. The summed E-state index contributed by atoms with van der Waals surface area (Å²) in [5, 5.41) is 6.89. The molecule has 6 heteroatoms. The van der Waals surface area contributed by atoms with Crippen LogP contribution in [0.2, 0.25) is 0 Å². The van der Waals surface area contributed by atoms with Gasteiger partial charge in [0.25, 0.3) is 0 Å². The molecule has 0 N–H and O–H groups in total. The summed E-state index contributed by atoms with van der Waals surface area (Å²) in [5.74, 6) is -1.05. The second-order valence-electron chi connectivity index (χ2n) is 2.52. The van der Waals surface area contributed by atoms with Gasteiger partial charge in [-0.05, 0) is 13.8 Å². The third-order valence-corrected chi connectivity index (χ3v) is 1.15. The molecule has 0 atom stereocenters. The molecule has 0 aromatic carbocycles. The highest BCUT2D eigenvalue weighted by atomic mass is 16.7. The van der Waals surface area contributed by atoms with Gasteiger partial charge in [-0.3, -0.25) is 0 Å². The summed E-state index contributed by atoms with van der Waals surface area (Å²) >= 11 is 0. The number of carbonyl (C=O) groups is 2. The molecular weight excluding hydrogens is 188 g/mol. The number of nitrogens with zero attached hydrogens (tertiary/aromatic N) is 2. The molecule has 0 saturated carbocycles. The Morgan fingerprint density at radius 2 is 1.07 bits per heavy atom. The Kier molecular flexibility index (Phi) is 5.13. The van der Waals surface area contributed by atoms with Crippen molar-refractivity contribution in [3.05, 3.63) is 0 Å². The molecule has 0 fully saturated rings. The van der Waals surface area contributed by atoms with E-state index in [0.29, 0.717) is 11.4 Å². The first-order valence-electron chi connectivity index (χ1n) is 3.88. The fourth-order valence-electron chi connectivity index (χ4n) is 0.398. The van der Waals surface area contributed by atoms with Crippen molar-refractivity contribution in [2.75, 3.05) is 0 Å². The molecule has 0 amide bonds. The molecule has 78 valence electrons. The van der Waals surface area contributed by atoms with Crippen LogP contribution in [0.15, 0.2) is 10.3 Å². The van der Waals surface area contributed by atoms with Gasteiger partial charge in [0.2, 0.25) is 0 Å². The van der Waals surface area contributed by atoms with Crippen LogP contribution in [-0.2, 0) is 19.3 Å². The normalized spacial score (nSPS) is 12.3. The highest BCUT2D eigenvalue weighted by Crippen LogP contribution is 1.89. The van der Waals surface area contributed by atoms with Crippen molar-refractivity contribution in [3.8, 4) is 0 Å². The zero-order valence-corrected chi connectivity index (χ0v) is 8.53. The number of carbonyl (C=O) groups excluding carboxylic acids is 2. The lowest BCUT2D eigenvalue weighted by atomic mass is 10.3. The van der Waals surface area contributed by atoms with Crippen LogP contribution in [0, 0.1) is 0 Å². The van der Waals surface area contributed by atoms with Gasteiger partial charge in [-0.25, -0.2) is 9.59 Å². The summed E-state index contributed by atoms with van der Waals surface area (Å²) in [6, 6.07) is 0. The number of oxime groups is 2. The van der Waals surface area contributed by atoms with E-state index in [1.54, 1.807) is 13.8 Å². The summed E-state index contributed by atoms with van der Waals surface area (Å²) < 4.78 is 0. The molecule has 0 aliphatic carbocycles. The summed E-state index contributed by atoms with van der Waals surface area (Å²) in [5.41, 5.74) is 0.725. The van der Waals surface area contributed by atoms with Gasteiger partial charge in [-0.2, -0.15) is 0 Å². The van der Waals surface area contributed by atoms with E-state index in [4.69, 9.17) is 0 Å². The molecule has 0 unspecified atom stereocenters. The van der Waals surface area contributed by atoms with Gasteiger partial charge < -0.3 is 9.68 Å². The van der Waals surface area contributed by atoms with Gasteiger partial charge >= 0.3 is 11.9 Å². The molecule has 0 heterocycles. The maximum absolute atomic E-state index is 10.4. The fraction of sp³-hybridized carbons (Fsp3) is 0.500. The van der Waals surface area contributed by atoms with Crippen molar-refractivity contribution in [2.24, 2.45) is 10.3 Å². The van der Waals surface area contributed by atoms with Gasteiger partial charge in [-0.15, -0.1) is 0 Å². The van der Waals surface area contributed by atoms with Crippen LogP contribution in [0.25, 0.3) is 0 Å².